The molecule has 1 N–H and O–H groups in total. The van der Waals surface area contributed by atoms with Gasteiger partial charge in [-0.25, -0.2) is 8.42 Å². The molecule has 2 rings (SSSR count). The smallest absolute Gasteiger partial charge is 0.251 e. The Hall–Kier alpha value is -0.660. The van der Waals surface area contributed by atoms with Crippen molar-refractivity contribution >= 4 is 47.6 Å². The summed E-state index contributed by atoms with van der Waals surface area (Å²) < 4.78 is 24.0. The number of hydrogen-bond donors (Lipinski definition) is 1. The van der Waals surface area contributed by atoms with Crippen molar-refractivity contribution in [3.05, 3.63) is 44.2 Å². The molecule has 4 nitrogen and oxygen atoms in total. The first-order valence-corrected chi connectivity index (χ1v) is 8.34. The van der Waals surface area contributed by atoms with Gasteiger partial charge in [0.1, 0.15) is 0 Å². The molecule has 0 spiro atoms. The Labute approximate surface area is 122 Å². The number of amides is 1. The zero-order chi connectivity index (χ0) is 13.3. The van der Waals surface area contributed by atoms with Crippen LogP contribution in [-0.4, -0.2) is 26.1 Å². The largest absolute Gasteiger partial charge is 0.345 e. The van der Waals surface area contributed by atoms with E-state index >= 15 is 0 Å². The molecule has 1 aromatic rings. The number of carbonyl (C=O) groups excluding carboxylic acids is 1. The third-order valence-electron chi connectivity index (χ3n) is 2.37. The summed E-state index contributed by atoms with van der Waals surface area (Å²) in [4.78, 5) is 11.9. The van der Waals surface area contributed by atoms with Crippen LogP contribution in [0.2, 0.25) is 0 Å². The van der Waals surface area contributed by atoms with E-state index in [1.165, 1.54) is 6.08 Å². The molecule has 0 saturated heterocycles. The van der Waals surface area contributed by atoms with Crippen LogP contribution >= 0.6 is 31.9 Å². The Morgan fingerprint density at radius 3 is 2.33 bits per heavy atom. The lowest BCUT2D eigenvalue weighted by Crippen LogP contribution is -2.35. The molecule has 7 heteroatoms. The summed E-state index contributed by atoms with van der Waals surface area (Å²) in [6.07, 6.45) is 1.49. The van der Waals surface area contributed by atoms with Gasteiger partial charge in [-0.3, -0.25) is 4.79 Å². The number of nitrogens with one attached hydrogen (secondary N) is 1. The standard InChI is InChI=1S/C11H9Br2NO3S/c12-8-3-7(4-9(13)5-8)11(15)14-10-1-2-18(16,17)6-10/h1-5,10H,6H2,(H,14,15). The average molecular weight is 395 g/mol. The van der Waals surface area contributed by atoms with E-state index in [-0.39, 0.29) is 11.7 Å². The second kappa shape index (κ2) is 5.14. The van der Waals surface area contributed by atoms with Crippen molar-refractivity contribution in [3.8, 4) is 0 Å². The third kappa shape index (κ3) is 3.43. The highest BCUT2D eigenvalue weighted by atomic mass is 79.9. The van der Waals surface area contributed by atoms with E-state index < -0.39 is 15.9 Å². The summed E-state index contributed by atoms with van der Waals surface area (Å²) in [5, 5.41) is 3.79. The second-order valence-corrected chi connectivity index (χ2v) is 7.66. The first kappa shape index (κ1) is 13.8. The van der Waals surface area contributed by atoms with Crippen molar-refractivity contribution in [2.24, 2.45) is 0 Å². The SMILES string of the molecule is O=C(NC1C=CS(=O)(=O)C1)c1cc(Br)cc(Br)c1. The highest BCUT2D eigenvalue weighted by Gasteiger charge is 2.23. The molecule has 1 amide bonds. The van der Waals surface area contributed by atoms with E-state index in [1.807, 2.05) is 6.07 Å². The maximum Gasteiger partial charge on any atom is 0.251 e. The summed E-state index contributed by atoms with van der Waals surface area (Å²) in [5.41, 5.74) is 0.467. The Bertz CT molecular complexity index is 605. The fourth-order valence-corrected chi connectivity index (χ4v) is 4.13. The van der Waals surface area contributed by atoms with Crippen LogP contribution in [0.15, 0.2) is 38.6 Å². The van der Waals surface area contributed by atoms with Gasteiger partial charge in [-0.15, -0.1) is 0 Å². The number of carbonyl (C=O) groups is 1. The van der Waals surface area contributed by atoms with Gasteiger partial charge in [0.15, 0.2) is 9.84 Å². The lowest BCUT2D eigenvalue weighted by atomic mass is 10.2. The molecular formula is C11H9Br2NO3S. The molecule has 0 fully saturated rings. The Kier molecular flexibility index (Phi) is 3.93. The number of sulfone groups is 1. The van der Waals surface area contributed by atoms with Crippen molar-refractivity contribution in [1.29, 1.82) is 0 Å². The van der Waals surface area contributed by atoms with Crippen molar-refractivity contribution < 1.29 is 13.2 Å². The van der Waals surface area contributed by atoms with Crippen LogP contribution in [0.25, 0.3) is 0 Å². The van der Waals surface area contributed by atoms with E-state index in [0.717, 1.165) is 14.4 Å². The Balaban J connectivity index is 2.11. The van der Waals surface area contributed by atoms with E-state index in [4.69, 9.17) is 0 Å². The minimum Gasteiger partial charge on any atom is -0.345 e. The Morgan fingerprint density at radius 2 is 1.83 bits per heavy atom. The van der Waals surface area contributed by atoms with Crippen LogP contribution in [0.1, 0.15) is 10.4 Å². The van der Waals surface area contributed by atoms with Gasteiger partial charge in [-0.1, -0.05) is 31.9 Å². The van der Waals surface area contributed by atoms with Gasteiger partial charge in [0.25, 0.3) is 5.91 Å². The van der Waals surface area contributed by atoms with Gasteiger partial charge in [-0.2, -0.15) is 0 Å². The zero-order valence-corrected chi connectivity index (χ0v) is 13.0. The lowest BCUT2D eigenvalue weighted by Gasteiger charge is -2.10. The number of hydrogen-bond acceptors (Lipinski definition) is 3. The minimum absolute atomic E-state index is 0.0755. The normalized spacial score (nSPS) is 20.9. The zero-order valence-electron chi connectivity index (χ0n) is 9.06. The maximum atomic E-state index is 11.9. The molecule has 0 saturated carbocycles. The van der Waals surface area contributed by atoms with Crippen molar-refractivity contribution in [2.45, 2.75) is 6.04 Å². The van der Waals surface area contributed by atoms with Gasteiger partial charge in [0.05, 0.1) is 11.8 Å². The second-order valence-electron chi connectivity index (χ2n) is 3.90. The predicted octanol–water partition coefficient (Wildman–Crippen LogP) is 2.25. The van der Waals surface area contributed by atoms with E-state index in [9.17, 15) is 13.2 Å². The fourth-order valence-electron chi connectivity index (χ4n) is 1.60. The minimum atomic E-state index is -3.15. The first-order valence-electron chi connectivity index (χ1n) is 5.04. The molecule has 0 radical (unpaired) electrons. The Morgan fingerprint density at radius 1 is 1.22 bits per heavy atom. The van der Waals surface area contributed by atoms with Crippen LogP contribution in [0.4, 0.5) is 0 Å². The summed E-state index contributed by atoms with van der Waals surface area (Å²) in [7, 11) is -3.15. The van der Waals surface area contributed by atoms with Gasteiger partial charge in [-0.05, 0) is 24.3 Å². The number of rotatable bonds is 2. The molecule has 96 valence electrons. The number of benzene rings is 1. The molecule has 1 atom stereocenters. The molecule has 1 aliphatic heterocycles. The van der Waals surface area contributed by atoms with Crippen LogP contribution in [0.3, 0.4) is 0 Å². The quantitative estimate of drug-likeness (QED) is 0.836. The average Bonchev–Trinajstić information content (AvgIpc) is 2.56. The maximum absolute atomic E-state index is 11.9. The predicted molar refractivity (Wildman–Crippen MR) is 76.0 cm³/mol. The first-order chi connectivity index (χ1) is 8.35. The molecular weight excluding hydrogens is 386 g/mol. The van der Waals surface area contributed by atoms with Crippen molar-refractivity contribution in [2.75, 3.05) is 5.75 Å². The van der Waals surface area contributed by atoms with Crippen molar-refractivity contribution in [3.63, 3.8) is 0 Å². The van der Waals surface area contributed by atoms with Crippen LogP contribution in [0, 0.1) is 0 Å². The molecule has 1 heterocycles. The van der Waals surface area contributed by atoms with E-state index in [1.54, 1.807) is 12.1 Å². The summed E-state index contributed by atoms with van der Waals surface area (Å²) in [6.45, 7) is 0. The van der Waals surface area contributed by atoms with Crippen LogP contribution in [-0.2, 0) is 9.84 Å². The topological polar surface area (TPSA) is 63.2 Å². The molecule has 1 aromatic carbocycles. The van der Waals surface area contributed by atoms with Crippen molar-refractivity contribution in [1.82, 2.24) is 5.32 Å². The number of halogens is 2. The molecule has 1 aliphatic rings. The van der Waals surface area contributed by atoms with Gasteiger partial charge < -0.3 is 5.32 Å². The van der Waals surface area contributed by atoms with Crippen LogP contribution in [0.5, 0.6) is 0 Å². The molecule has 1 unspecified atom stereocenters. The summed E-state index contributed by atoms with van der Waals surface area (Å²) in [5.74, 6) is -0.378. The summed E-state index contributed by atoms with van der Waals surface area (Å²) >= 11 is 6.58. The van der Waals surface area contributed by atoms with E-state index in [0.29, 0.717) is 5.56 Å². The third-order valence-corrected chi connectivity index (χ3v) is 4.68. The summed E-state index contributed by atoms with van der Waals surface area (Å²) in [6, 6.07) is 4.71. The lowest BCUT2D eigenvalue weighted by molar-refractivity contribution is 0.0947. The monoisotopic (exact) mass is 393 g/mol. The molecule has 18 heavy (non-hydrogen) atoms. The van der Waals surface area contributed by atoms with Gasteiger partial charge >= 0.3 is 0 Å². The van der Waals surface area contributed by atoms with Gasteiger partial charge in [0.2, 0.25) is 0 Å². The highest BCUT2D eigenvalue weighted by Crippen LogP contribution is 2.20. The molecule has 0 aromatic heterocycles. The highest BCUT2D eigenvalue weighted by molar-refractivity contribution is 9.11. The molecule has 0 aliphatic carbocycles. The van der Waals surface area contributed by atoms with Crippen LogP contribution < -0.4 is 5.32 Å². The molecule has 0 bridgehead atoms. The van der Waals surface area contributed by atoms with Gasteiger partial charge in [0, 0.05) is 19.9 Å². The fraction of sp³-hybridized carbons (Fsp3) is 0.182. The van der Waals surface area contributed by atoms with E-state index in [2.05, 4.69) is 37.2 Å².